The molecule has 0 spiro atoms. The second-order valence-electron chi connectivity index (χ2n) is 6.75. The van der Waals surface area contributed by atoms with E-state index in [-0.39, 0.29) is 5.54 Å². The third-order valence-electron chi connectivity index (χ3n) is 4.77. The Labute approximate surface area is 121 Å². The number of aromatic nitrogens is 1. The fraction of sp³-hybridized carbons (Fsp3) is 0.812. The number of rotatable bonds is 5. The molecule has 19 heavy (non-hydrogen) atoms. The number of thiazole rings is 1. The molecule has 0 amide bonds. The summed E-state index contributed by atoms with van der Waals surface area (Å²) in [6, 6.07) is 0.766. The van der Waals surface area contributed by atoms with Gasteiger partial charge in [0, 0.05) is 11.4 Å². The Kier molecular flexibility index (Phi) is 3.69. The first kappa shape index (κ1) is 13.6. The Balaban J connectivity index is 1.85. The smallest absolute Gasteiger partial charge is 0.113 e. The summed E-state index contributed by atoms with van der Waals surface area (Å²) in [5, 5.41) is 7.58. The lowest BCUT2D eigenvalue weighted by Crippen LogP contribution is -2.41. The van der Waals surface area contributed by atoms with Crippen molar-refractivity contribution in [3.8, 4) is 0 Å². The molecule has 0 radical (unpaired) electrons. The largest absolute Gasteiger partial charge is 0.303 e. The molecule has 1 aromatic rings. The van der Waals surface area contributed by atoms with Crippen LogP contribution in [0, 0.1) is 5.92 Å². The second kappa shape index (κ2) is 5.17. The molecule has 2 nitrogen and oxygen atoms in total. The summed E-state index contributed by atoms with van der Waals surface area (Å²) in [7, 11) is 0. The molecule has 3 rings (SSSR count). The van der Waals surface area contributed by atoms with Crippen LogP contribution in [0.3, 0.4) is 0 Å². The maximum absolute atomic E-state index is 4.97. The van der Waals surface area contributed by atoms with Gasteiger partial charge in [0.2, 0.25) is 0 Å². The van der Waals surface area contributed by atoms with Gasteiger partial charge in [0.05, 0.1) is 11.2 Å². The minimum atomic E-state index is 0.208. The van der Waals surface area contributed by atoms with Gasteiger partial charge in [0.25, 0.3) is 0 Å². The van der Waals surface area contributed by atoms with Crippen LogP contribution in [0.4, 0.5) is 0 Å². The third kappa shape index (κ3) is 2.73. The average Bonchev–Trinajstić information content (AvgIpc) is 2.93. The summed E-state index contributed by atoms with van der Waals surface area (Å²) in [5.41, 5.74) is 1.48. The van der Waals surface area contributed by atoms with Gasteiger partial charge in [-0.1, -0.05) is 27.2 Å². The second-order valence-corrected chi connectivity index (χ2v) is 7.61. The van der Waals surface area contributed by atoms with E-state index in [0.29, 0.717) is 5.92 Å². The highest BCUT2D eigenvalue weighted by molar-refractivity contribution is 7.09. The van der Waals surface area contributed by atoms with Gasteiger partial charge in [-0.15, -0.1) is 11.3 Å². The van der Waals surface area contributed by atoms with Gasteiger partial charge >= 0.3 is 0 Å². The minimum absolute atomic E-state index is 0.208. The van der Waals surface area contributed by atoms with Crippen LogP contribution in [0.15, 0.2) is 5.38 Å². The first-order valence-corrected chi connectivity index (χ1v) is 8.74. The van der Waals surface area contributed by atoms with E-state index in [0.717, 1.165) is 12.0 Å². The Morgan fingerprint density at radius 3 is 2.74 bits per heavy atom. The topological polar surface area (TPSA) is 24.9 Å². The summed E-state index contributed by atoms with van der Waals surface area (Å²) in [6.45, 7) is 6.81. The van der Waals surface area contributed by atoms with Crippen LogP contribution in [-0.4, -0.2) is 11.0 Å². The maximum atomic E-state index is 4.97. The third-order valence-corrected chi connectivity index (χ3v) is 5.84. The van der Waals surface area contributed by atoms with E-state index in [2.05, 4.69) is 31.5 Å². The molecule has 2 fully saturated rings. The number of hydrogen-bond donors (Lipinski definition) is 1. The first-order valence-electron chi connectivity index (χ1n) is 7.86. The fourth-order valence-electron chi connectivity index (χ4n) is 3.27. The highest BCUT2D eigenvalue weighted by atomic mass is 32.1. The molecule has 2 atom stereocenters. The van der Waals surface area contributed by atoms with E-state index in [1.165, 1.54) is 49.2 Å². The predicted octanol–water partition coefficient (Wildman–Crippen LogP) is 4.42. The standard InChI is InChI=1S/C16H26N2S/c1-4-12-7-8-16(9-12,18-13-5-6-13)15-17-14(10-19-15)11(2)3/h10-13,18H,4-9H2,1-3H3. The maximum Gasteiger partial charge on any atom is 0.113 e. The van der Waals surface area contributed by atoms with Gasteiger partial charge < -0.3 is 5.32 Å². The van der Waals surface area contributed by atoms with E-state index in [1.54, 1.807) is 0 Å². The van der Waals surface area contributed by atoms with E-state index >= 15 is 0 Å². The van der Waals surface area contributed by atoms with Crippen molar-refractivity contribution in [2.24, 2.45) is 5.92 Å². The Morgan fingerprint density at radius 1 is 1.42 bits per heavy atom. The molecule has 3 heteroatoms. The molecule has 1 heterocycles. The molecule has 1 N–H and O–H groups in total. The Morgan fingerprint density at radius 2 is 2.21 bits per heavy atom. The number of nitrogens with one attached hydrogen (secondary N) is 1. The van der Waals surface area contributed by atoms with E-state index < -0.39 is 0 Å². The summed E-state index contributed by atoms with van der Waals surface area (Å²) in [4.78, 5) is 4.97. The normalized spacial score (nSPS) is 31.3. The van der Waals surface area contributed by atoms with Crippen molar-refractivity contribution in [1.29, 1.82) is 0 Å². The highest BCUT2D eigenvalue weighted by Crippen LogP contribution is 2.46. The van der Waals surface area contributed by atoms with Gasteiger partial charge in [-0.05, 0) is 43.9 Å². The van der Waals surface area contributed by atoms with Crippen molar-refractivity contribution in [2.75, 3.05) is 0 Å². The monoisotopic (exact) mass is 278 g/mol. The zero-order chi connectivity index (χ0) is 13.5. The van der Waals surface area contributed by atoms with Crippen LogP contribution in [0.25, 0.3) is 0 Å². The van der Waals surface area contributed by atoms with Gasteiger partial charge in [0.1, 0.15) is 5.01 Å². The molecule has 2 aliphatic carbocycles. The van der Waals surface area contributed by atoms with Gasteiger partial charge in [-0.2, -0.15) is 0 Å². The van der Waals surface area contributed by atoms with E-state index in [4.69, 9.17) is 4.98 Å². The van der Waals surface area contributed by atoms with Crippen LogP contribution in [-0.2, 0) is 5.54 Å². The molecule has 0 saturated heterocycles. The van der Waals surface area contributed by atoms with Crippen LogP contribution in [0.1, 0.15) is 75.9 Å². The fourth-order valence-corrected chi connectivity index (χ4v) is 4.46. The lowest BCUT2D eigenvalue weighted by atomic mass is 9.95. The summed E-state index contributed by atoms with van der Waals surface area (Å²) >= 11 is 1.88. The van der Waals surface area contributed by atoms with Crippen LogP contribution in [0.5, 0.6) is 0 Å². The SMILES string of the molecule is CCC1CCC(NC2CC2)(c2nc(C(C)C)cs2)C1. The molecule has 106 valence electrons. The van der Waals surface area contributed by atoms with Crippen LogP contribution >= 0.6 is 11.3 Å². The molecule has 0 aliphatic heterocycles. The summed E-state index contributed by atoms with van der Waals surface area (Å²) < 4.78 is 0. The molecule has 1 aromatic heterocycles. The minimum Gasteiger partial charge on any atom is -0.303 e. The first-order chi connectivity index (χ1) is 9.13. The van der Waals surface area contributed by atoms with Crippen molar-refractivity contribution in [3.63, 3.8) is 0 Å². The molecule has 0 bridgehead atoms. The molecule has 2 aliphatic rings. The summed E-state index contributed by atoms with van der Waals surface area (Å²) in [6.07, 6.45) is 7.99. The lowest BCUT2D eigenvalue weighted by Gasteiger charge is -2.29. The van der Waals surface area contributed by atoms with Gasteiger partial charge in [-0.3, -0.25) is 0 Å². The molecule has 2 unspecified atom stereocenters. The molecular formula is C16H26N2S. The van der Waals surface area contributed by atoms with Gasteiger partial charge in [-0.25, -0.2) is 4.98 Å². The van der Waals surface area contributed by atoms with Gasteiger partial charge in [0.15, 0.2) is 0 Å². The zero-order valence-corrected chi connectivity index (χ0v) is 13.2. The summed E-state index contributed by atoms with van der Waals surface area (Å²) in [5.74, 6) is 1.43. The van der Waals surface area contributed by atoms with Crippen LogP contribution in [0.2, 0.25) is 0 Å². The Bertz CT molecular complexity index is 436. The van der Waals surface area contributed by atoms with E-state index in [1.807, 2.05) is 11.3 Å². The van der Waals surface area contributed by atoms with Crippen molar-refractivity contribution >= 4 is 11.3 Å². The zero-order valence-electron chi connectivity index (χ0n) is 12.4. The van der Waals surface area contributed by atoms with Crippen LogP contribution < -0.4 is 5.32 Å². The number of nitrogens with zero attached hydrogens (tertiary/aromatic N) is 1. The average molecular weight is 278 g/mol. The lowest BCUT2D eigenvalue weighted by molar-refractivity contribution is 0.320. The van der Waals surface area contributed by atoms with Crippen molar-refractivity contribution < 1.29 is 0 Å². The molecular weight excluding hydrogens is 252 g/mol. The predicted molar refractivity (Wildman–Crippen MR) is 81.7 cm³/mol. The van der Waals surface area contributed by atoms with Crippen molar-refractivity contribution in [3.05, 3.63) is 16.1 Å². The quantitative estimate of drug-likeness (QED) is 0.862. The van der Waals surface area contributed by atoms with Crippen molar-refractivity contribution in [1.82, 2.24) is 10.3 Å². The number of hydrogen-bond acceptors (Lipinski definition) is 3. The van der Waals surface area contributed by atoms with Crippen molar-refractivity contribution in [2.45, 2.75) is 76.8 Å². The van der Waals surface area contributed by atoms with E-state index in [9.17, 15) is 0 Å². The highest BCUT2D eigenvalue weighted by Gasteiger charge is 2.45. The molecule has 0 aromatic carbocycles. The molecule has 2 saturated carbocycles. The Hall–Kier alpha value is -0.410.